The minimum absolute atomic E-state index is 0.768. The summed E-state index contributed by atoms with van der Waals surface area (Å²) in [5.74, 6) is 0.999. The van der Waals surface area contributed by atoms with Gasteiger partial charge in [-0.1, -0.05) is 47.5 Å². The van der Waals surface area contributed by atoms with Crippen molar-refractivity contribution in [3.8, 4) is 0 Å². The van der Waals surface area contributed by atoms with E-state index in [4.69, 9.17) is 0 Å². The van der Waals surface area contributed by atoms with Gasteiger partial charge in [0.1, 0.15) is 0 Å². The molecule has 0 aromatic rings. The van der Waals surface area contributed by atoms with Crippen LogP contribution in [0.25, 0.3) is 0 Å². The van der Waals surface area contributed by atoms with Gasteiger partial charge in [-0.25, -0.2) is 0 Å². The molecule has 0 aromatic carbocycles. The second kappa shape index (κ2) is 8.13. The van der Waals surface area contributed by atoms with Crippen molar-refractivity contribution >= 4 is 0 Å². The van der Waals surface area contributed by atoms with Crippen LogP contribution in [0.4, 0.5) is 0 Å². The molecule has 2 aliphatic rings. The maximum Gasteiger partial charge on any atom is 0.00533 e. The van der Waals surface area contributed by atoms with Gasteiger partial charge >= 0.3 is 0 Å². The maximum atomic E-state index is 2.61. The molecule has 0 radical (unpaired) electrons. The SMILES string of the molecule is CC.CC1CCC2(C1)CN(C(C)C)C2.CCC. The van der Waals surface area contributed by atoms with Crippen LogP contribution in [-0.4, -0.2) is 24.0 Å². The van der Waals surface area contributed by atoms with Crippen LogP contribution < -0.4 is 0 Å². The molecule has 1 saturated carbocycles. The van der Waals surface area contributed by atoms with E-state index in [1.165, 1.54) is 38.8 Å². The van der Waals surface area contributed by atoms with E-state index in [9.17, 15) is 0 Å². The van der Waals surface area contributed by atoms with Crippen LogP contribution in [0.2, 0.25) is 0 Å². The first-order chi connectivity index (χ1) is 8.03. The summed E-state index contributed by atoms with van der Waals surface area (Å²) in [6.45, 7) is 18.0. The van der Waals surface area contributed by atoms with Crippen molar-refractivity contribution in [1.29, 1.82) is 0 Å². The molecule has 17 heavy (non-hydrogen) atoms. The number of nitrogens with zero attached hydrogens (tertiary/aromatic N) is 1. The molecule has 0 aromatic heterocycles. The van der Waals surface area contributed by atoms with E-state index >= 15 is 0 Å². The topological polar surface area (TPSA) is 3.24 Å². The van der Waals surface area contributed by atoms with Crippen LogP contribution >= 0.6 is 0 Å². The van der Waals surface area contributed by atoms with E-state index in [0.717, 1.165) is 17.4 Å². The molecule has 1 atom stereocenters. The molecule has 1 aliphatic carbocycles. The predicted molar refractivity (Wildman–Crippen MR) is 79.5 cm³/mol. The molecular weight excluding hydrogens is 206 g/mol. The summed E-state index contributed by atoms with van der Waals surface area (Å²) < 4.78 is 0. The summed E-state index contributed by atoms with van der Waals surface area (Å²) in [6.07, 6.45) is 5.72. The smallest absolute Gasteiger partial charge is 0.00533 e. The highest BCUT2D eigenvalue weighted by Crippen LogP contribution is 2.48. The van der Waals surface area contributed by atoms with Gasteiger partial charge in [0.05, 0.1) is 0 Å². The summed E-state index contributed by atoms with van der Waals surface area (Å²) in [4.78, 5) is 2.61. The zero-order chi connectivity index (χ0) is 13.5. The van der Waals surface area contributed by atoms with E-state index in [0.29, 0.717) is 0 Å². The monoisotopic (exact) mass is 241 g/mol. The highest BCUT2D eigenvalue weighted by molar-refractivity contribution is 5.00. The minimum Gasteiger partial charge on any atom is -0.300 e. The lowest BCUT2D eigenvalue weighted by Gasteiger charge is -2.50. The first-order valence-electron chi connectivity index (χ1n) is 7.77. The van der Waals surface area contributed by atoms with Gasteiger partial charge < -0.3 is 0 Å². The Morgan fingerprint density at radius 1 is 1.18 bits per heavy atom. The first kappa shape index (κ1) is 17.0. The van der Waals surface area contributed by atoms with Crippen LogP contribution in [0, 0.1) is 11.3 Å². The van der Waals surface area contributed by atoms with Gasteiger partial charge in [-0.15, -0.1) is 0 Å². The van der Waals surface area contributed by atoms with Gasteiger partial charge in [-0.2, -0.15) is 0 Å². The summed E-state index contributed by atoms with van der Waals surface area (Å²) in [7, 11) is 0. The minimum atomic E-state index is 0.768. The molecule has 1 heterocycles. The van der Waals surface area contributed by atoms with Crippen molar-refractivity contribution in [1.82, 2.24) is 4.90 Å². The van der Waals surface area contributed by atoms with Gasteiger partial charge in [-0.05, 0) is 38.0 Å². The molecule has 1 nitrogen and oxygen atoms in total. The summed E-state index contributed by atoms with van der Waals surface area (Å²) >= 11 is 0. The van der Waals surface area contributed by atoms with Crippen molar-refractivity contribution in [2.45, 2.75) is 80.2 Å². The third kappa shape index (κ3) is 4.99. The van der Waals surface area contributed by atoms with Crippen molar-refractivity contribution in [3.05, 3.63) is 0 Å². The molecule has 1 spiro atoms. The molecule has 0 N–H and O–H groups in total. The number of hydrogen-bond acceptors (Lipinski definition) is 1. The highest BCUT2D eigenvalue weighted by Gasteiger charge is 2.47. The molecule has 1 heteroatoms. The highest BCUT2D eigenvalue weighted by atomic mass is 15.2. The van der Waals surface area contributed by atoms with Gasteiger partial charge in [0.25, 0.3) is 0 Å². The molecule has 0 bridgehead atoms. The second-order valence-electron chi connectivity index (χ2n) is 6.05. The molecular formula is C16H35N. The lowest BCUT2D eigenvalue weighted by atomic mass is 9.77. The largest absolute Gasteiger partial charge is 0.300 e. The Morgan fingerprint density at radius 2 is 1.65 bits per heavy atom. The Hall–Kier alpha value is -0.0400. The number of rotatable bonds is 1. The Kier molecular flexibility index (Phi) is 8.11. The van der Waals surface area contributed by atoms with Crippen molar-refractivity contribution < 1.29 is 0 Å². The van der Waals surface area contributed by atoms with Gasteiger partial charge in [-0.3, -0.25) is 4.90 Å². The number of likely N-dealkylation sites (tertiary alicyclic amines) is 1. The van der Waals surface area contributed by atoms with Gasteiger partial charge in [0.15, 0.2) is 0 Å². The Balaban J connectivity index is 0.000000450. The van der Waals surface area contributed by atoms with E-state index < -0.39 is 0 Å². The Labute approximate surface area is 110 Å². The van der Waals surface area contributed by atoms with Gasteiger partial charge in [0.2, 0.25) is 0 Å². The lowest BCUT2D eigenvalue weighted by molar-refractivity contribution is -0.0189. The number of hydrogen-bond donors (Lipinski definition) is 0. The molecule has 1 aliphatic heterocycles. The van der Waals surface area contributed by atoms with E-state index in [1.54, 1.807) is 0 Å². The van der Waals surface area contributed by atoms with Crippen molar-refractivity contribution in [3.63, 3.8) is 0 Å². The standard InChI is InChI=1S/C11H21N.C3H8.C2H6/c1-9(2)12-7-11(8-12)5-4-10(3)6-11;1-3-2;1-2/h9-10H,4-8H2,1-3H3;3H2,1-2H3;1-2H3. The van der Waals surface area contributed by atoms with E-state index in [1.807, 2.05) is 13.8 Å². The van der Waals surface area contributed by atoms with Crippen LogP contribution in [-0.2, 0) is 0 Å². The molecule has 1 saturated heterocycles. The third-order valence-corrected chi connectivity index (χ3v) is 3.76. The van der Waals surface area contributed by atoms with Crippen LogP contribution in [0.5, 0.6) is 0 Å². The normalized spacial score (nSPS) is 25.8. The quantitative estimate of drug-likeness (QED) is 0.627. The third-order valence-electron chi connectivity index (χ3n) is 3.76. The molecule has 104 valence electrons. The van der Waals surface area contributed by atoms with Crippen molar-refractivity contribution in [2.75, 3.05) is 13.1 Å². The lowest BCUT2D eigenvalue weighted by Crippen LogP contribution is -2.57. The Morgan fingerprint density at radius 3 is 1.94 bits per heavy atom. The van der Waals surface area contributed by atoms with Crippen LogP contribution in [0.1, 0.15) is 74.1 Å². The van der Waals surface area contributed by atoms with Crippen molar-refractivity contribution in [2.24, 2.45) is 11.3 Å². The fraction of sp³-hybridized carbons (Fsp3) is 1.00. The molecule has 2 rings (SSSR count). The zero-order valence-electron chi connectivity index (χ0n) is 13.3. The predicted octanol–water partition coefficient (Wildman–Crippen LogP) is 4.96. The van der Waals surface area contributed by atoms with Gasteiger partial charge in [0, 0.05) is 19.1 Å². The summed E-state index contributed by atoms with van der Waals surface area (Å²) in [5, 5.41) is 0. The van der Waals surface area contributed by atoms with Crippen LogP contribution in [0.15, 0.2) is 0 Å². The fourth-order valence-corrected chi connectivity index (χ4v) is 2.96. The average molecular weight is 241 g/mol. The Bertz CT molecular complexity index is 180. The van der Waals surface area contributed by atoms with E-state index in [2.05, 4.69) is 39.5 Å². The molecule has 2 fully saturated rings. The molecule has 0 amide bonds. The molecule has 1 unspecified atom stereocenters. The zero-order valence-corrected chi connectivity index (χ0v) is 13.3. The van der Waals surface area contributed by atoms with Crippen LogP contribution in [0.3, 0.4) is 0 Å². The second-order valence-corrected chi connectivity index (χ2v) is 6.05. The van der Waals surface area contributed by atoms with E-state index in [-0.39, 0.29) is 0 Å². The average Bonchev–Trinajstić information content (AvgIpc) is 2.62. The summed E-state index contributed by atoms with van der Waals surface area (Å²) in [6, 6.07) is 0.770. The maximum absolute atomic E-state index is 2.61. The summed E-state index contributed by atoms with van der Waals surface area (Å²) in [5.41, 5.74) is 0.768. The first-order valence-corrected chi connectivity index (χ1v) is 7.77. The fourth-order valence-electron chi connectivity index (χ4n) is 2.96.